The minimum absolute atomic E-state index is 0.296. The standard InChI is InChI=1S/C10H15N3O3S2/c1-17-3-2-8(9(14)15)13-10(16)11-4-7-5-18-6-12-7/h5-6,8H,2-4H2,1H3,(H,14,15)(H2,11,13,16)/t8-/m1/s1. The van der Waals surface area contributed by atoms with Gasteiger partial charge >= 0.3 is 12.0 Å². The van der Waals surface area contributed by atoms with E-state index in [9.17, 15) is 9.59 Å². The second-order valence-corrected chi connectivity index (χ2v) is 5.18. The van der Waals surface area contributed by atoms with Crippen LogP contribution in [-0.2, 0) is 11.3 Å². The van der Waals surface area contributed by atoms with Crippen LogP contribution in [0.5, 0.6) is 0 Å². The maximum absolute atomic E-state index is 11.5. The van der Waals surface area contributed by atoms with Gasteiger partial charge in [0.05, 0.1) is 17.7 Å². The molecule has 6 nitrogen and oxygen atoms in total. The van der Waals surface area contributed by atoms with Crippen LogP contribution in [0.2, 0.25) is 0 Å². The fourth-order valence-electron chi connectivity index (χ4n) is 1.20. The summed E-state index contributed by atoms with van der Waals surface area (Å²) in [6.07, 6.45) is 2.29. The number of aliphatic carboxylic acids is 1. The van der Waals surface area contributed by atoms with E-state index in [1.54, 1.807) is 17.3 Å². The normalized spacial score (nSPS) is 11.8. The summed E-state index contributed by atoms with van der Waals surface area (Å²) in [6, 6.07) is -1.34. The Kier molecular flexibility index (Phi) is 6.51. The quantitative estimate of drug-likeness (QED) is 0.700. The highest BCUT2D eigenvalue weighted by molar-refractivity contribution is 7.98. The molecule has 0 spiro atoms. The summed E-state index contributed by atoms with van der Waals surface area (Å²) >= 11 is 2.98. The SMILES string of the molecule is CSCC[C@@H](NC(=O)NCc1cscn1)C(=O)O. The first-order valence-electron chi connectivity index (χ1n) is 5.26. The third-order valence-electron chi connectivity index (χ3n) is 2.13. The van der Waals surface area contributed by atoms with Crippen LogP contribution >= 0.6 is 23.1 Å². The molecule has 0 aliphatic carbocycles. The van der Waals surface area contributed by atoms with Crippen LogP contribution in [0.3, 0.4) is 0 Å². The van der Waals surface area contributed by atoms with Crippen molar-refractivity contribution in [3.63, 3.8) is 0 Å². The number of hydrogen-bond donors (Lipinski definition) is 3. The number of hydrogen-bond acceptors (Lipinski definition) is 5. The zero-order valence-corrected chi connectivity index (χ0v) is 11.5. The lowest BCUT2D eigenvalue weighted by Gasteiger charge is -2.14. The van der Waals surface area contributed by atoms with Gasteiger partial charge in [-0.3, -0.25) is 0 Å². The van der Waals surface area contributed by atoms with Gasteiger partial charge in [-0.15, -0.1) is 11.3 Å². The van der Waals surface area contributed by atoms with E-state index >= 15 is 0 Å². The van der Waals surface area contributed by atoms with Crippen LogP contribution in [0.25, 0.3) is 0 Å². The molecule has 18 heavy (non-hydrogen) atoms. The maximum Gasteiger partial charge on any atom is 0.326 e. The summed E-state index contributed by atoms with van der Waals surface area (Å²) in [5, 5.41) is 15.8. The number of carbonyl (C=O) groups is 2. The van der Waals surface area contributed by atoms with Gasteiger partial charge in [-0.1, -0.05) is 0 Å². The van der Waals surface area contributed by atoms with Crippen molar-refractivity contribution in [2.45, 2.75) is 19.0 Å². The number of aromatic nitrogens is 1. The van der Waals surface area contributed by atoms with Gasteiger partial charge in [-0.25, -0.2) is 14.6 Å². The van der Waals surface area contributed by atoms with Gasteiger partial charge in [0.25, 0.3) is 0 Å². The molecule has 0 aliphatic rings. The molecule has 0 unspecified atom stereocenters. The molecule has 1 heterocycles. The molecular formula is C10H15N3O3S2. The molecule has 100 valence electrons. The average molecular weight is 289 g/mol. The fraction of sp³-hybridized carbons (Fsp3) is 0.500. The lowest BCUT2D eigenvalue weighted by molar-refractivity contribution is -0.139. The zero-order valence-electron chi connectivity index (χ0n) is 9.88. The number of nitrogens with one attached hydrogen (secondary N) is 2. The molecule has 3 N–H and O–H groups in total. The number of amides is 2. The summed E-state index contributed by atoms with van der Waals surface area (Å²) in [5.41, 5.74) is 2.43. The van der Waals surface area contributed by atoms with E-state index in [-0.39, 0.29) is 0 Å². The molecule has 2 amide bonds. The second-order valence-electron chi connectivity index (χ2n) is 3.48. The molecule has 0 aliphatic heterocycles. The highest BCUT2D eigenvalue weighted by atomic mass is 32.2. The molecular weight excluding hydrogens is 274 g/mol. The Bertz CT molecular complexity index is 384. The van der Waals surface area contributed by atoms with Crippen LogP contribution in [0.4, 0.5) is 4.79 Å². The van der Waals surface area contributed by atoms with Crippen molar-refractivity contribution in [3.05, 3.63) is 16.6 Å². The van der Waals surface area contributed by atoms with Crippen molar-refractivity contribution < 1.29 is 14.7 Å². The van der Waals surface area contributed by atoms with E-state index in [0.29, 0.717) is 18.7 Å². The maximum atomic E-state index is 11.5. The first kappa shape index (κ1) is 14.8. The largest absolute Gasteiger partial charge is 0.480 e. The molecule has 1 aromatic heterocycles. The van der Waals surface area contributed by atoms with Gasteiger partial charge in [0, 0.05) is 5.38 Å². The van der Waals surface area contributed by atoms with Crippen molar-refractivity contribution in [3.8, 4) is 0 Å². The van der Waals surface area contributed by atoms with E-state index in [4.69, 9.17) is 5.11 Å². The Hall–Kier alpha value is -1.28. The average Bonchev–Trinajstić information content (AvgIpc) is 2.84. The van der Waals surface area contributed by atoms with Gasteiger partial charge in [-0.2, -0.15) is 11.8 Å². The summed E-state index contributed by atoms with van der Waals surface area (Å²) in [5.74, 6) is -0.337. The lowest BCUT2D eigenvalue weighted by Crippen LogP contribution is -2.46. The van der Waals surface area contributed by atoms with Gasteiger partial charge in [0.1, 0.15) is 6.04 Å². The predicted octanol–water partition coefficient (Wildman–Crippen LogP) is 1.15. The molecule has 8 heteroatoms. The Morgan fingerprint density at radius 3 is 2.94 bits per heavy atom. The molecule has 0 bridgehead atoms. The zero-order chi connectivity index (χ0) is 13.4. The topological polar surface area (TPSA) is 91.3 Å². The monoisotopic (exact) mass is 289 g/mol. The number of thiazole rings is 1. The molecule has 0 radical (unpaired) electrons. The van der Waals surface area contributed by atoms with Crippen LogP contribution < -0.4 is 10.6 Å². The number of carboxylic acids is 1. The molecule has 1 atom stereocenters. The lowest BCUT2D eigenvalue weighted by atomic mass is 10.2. The van der Waals surface area contributed by atoms with Crippen molar-refractivity contribution in [1.29, 1.82) is 0 Å². The molecule has 0 saturated heterocycles. The van der Waals surface area contributed by atoms with Crippen molar-refractivity contribution >= 4 is 35.1 Å². The molecule has 1 aromatic rings. The number of nitrogens with zero attached hydrogens (tertiary/aromatic N) is 1. The van der Waals surface area contributed by atoms with Gasteiger partial charge in [0.2, 0.25) is 0 Å². The Labute approximate surface area is 113 Å². The minimum atomic E-state index is -1.02. The highest BCUT2D eigenvalue weighted by Crippen LogP contribution is 2.02. The van der Waals surface area contributed by atoms with Crippen LogP contribution in [-0.4, -0.2) is 40.1 Å². The Balaban J connectivity index is 2.34. The minimum Gasteiger partial charge on any atom is -0.480 e. The van der Waals surface area contributed by atoms with E-state index < -0.39 is 18.0 Å². The summed E-state index contributed by atoms with van der Waals surface area (Å²) < 4.78 is 0. The van der Waals surface area contributed by atoms with Gasteiger partial charge in [0.15, 0.2) is 0 Å². The molecule has 0 fully saturated rings. The van der Waals surface area contributed by atoms with E-state index in [0.717, 1.165) is 5.69 Å². The number of thioether (sulfide) groups is 1. The van der Waals surface area contributed by atoms with E-state index in [2.05, 4.69) is 15.6 Å². The fourth-order valence-corrected chi connectivity index (χ4v) is 2.23. The third kappa shape index (κ3) is 5.37. The molecule has 0 saturated carbocycles. The summed E-state index contributed by atoms with van der Waals surface area (Å²) in [4.78, 5) is 26.4. The van der Waals surface area contributed by atoms with Crippen LogP contribution in [0.1, 0.15) is 12.1 Å². The van der Waals surface area contributed by atoms with Crippen molar-refractivity contribution in [2.24, 2.45) is 0 Å². The molecule has 0 aromatic carbocycles. The number of rotatable bonds is 7. The van der Waals surface area contributed by atoms with Crippen LogP contribution in [0.15, 0.2) is 10.9 Å². The Morgan fingerprint density at radius 1 is 1.61 bits per heavy atom. The number of carbonyl (C=O) groups excluding carboxylic acids is 1. The van der Waals surface area contributed by atoms with E-state index in [1.165, 1.54) is 11.3 Å². The van der Waals surface area contributed by atoms with Crippen molar-refractivity contribution in [2.75, 3.05) is 12.0 Å². The summed E-state index contributed by atoms with van der Waals surface area (Å²) in [7, 11) is 0. The Morgan fingerprint density at radius 2 is 2.39 bits per heavy atom. The first-order chi connectivity index (χ1) is 8.63. The number of carboxylic acid groups (broad SMARTS) is 1. The highest BCUT2D eigenvalue weighted by Gasteiger charge is 2.18. The third-order valence-corrected chi connectivity index (χ3v) is 3.41. The smallest absolute Gasteiger partial charge is 0.326 e. The van der Waals surface area contributed by atoms with Gasteiger partial charge < -0.3 is 15.7 Å². The van der Waals surface area contributed by atoms with Crippen LogP contribution in [0, 0.1) is 0 Å². The van der Waals surface area contributed by atoms with Gasteiger partial charge in [-0.05, 0) is 18.4 Å². The number of urea groups is 1. The molecule has 1 rings (SSSR count). The second kappa shape index (κ2) is 7.93. The summed E-state index contributed by atoms with van der Waals surface area (Å²) in [6.45, 7) is 0.296. The van der Waals surface area contributed by atoms with E-state index in [1.807, 2.05) is 11.6 Å². The first-order valence-corrected chi connectivity index (χ1v) is 7.60. The van der Waals surface area contributed by atoms with Crippen molar-refractivity contribution in [1.82, 2.24) is 15.6 Å². The predicted molar refractivity (Wildman–Crippen MR) is 71.9 cm³/mol.